The molecule has 0 saturated carbocycles. The van der Waals surface area contributed by atoms with Gasteiger partial charge < -0.3 is 9.52 Å². The third kappa shape index (κ3) is 4.05. The van der Waals surface area contributed by atoms with Crippen LogP contribution < -0.4 is 4.72 Å². The third-order valence-electron chi connectivity index (χ3n) is 4.52. The van der Waals surface area contributed by atoms with Crippen molar-refractivity contribution in [1.29, 1.82) is 0 Å². The zero-order valence-electron chi connectivity index (χ0n) is 15.4. The molecule has 0 aliphatic rings. The van der Waals surface area contributed by atoms with E-state index in [1.165, 1.54) is 41.1 Å². The largest absolute Gasteiger partial charge is 0.449 e. The minimum atomic E-state index is -3.82. The Labute approximate surface area is 176 Å². The number of thiophene rings is 2. The average molecular weight is 447 g/mol. The first-order chi connectivity index (χ1) is 13.9. The van der Waals surface area contributed by atoms with Crippen molar-refractivity contribution in [2.45, 2.75) is 17.4 Å². The van der Waals surface area contributed by atoms with Gasteiger partial charge in [-0.15, -0.1) is 11.3 Å². The maximum Gasteiger partial charge on any atom is 0.240 e. The Balaban J connectivity index is 1.56. The normalized spacial score (nSPS) is 14.0. The van der Waals surface area contributed by atoms with Gasteiger partial charge >= 0.3 is 0 Å². The number of aryl methyl sites for hydroxylation is 1. The van der Waals surface area contributed by atoms with Crippen molar-refractivity contribution in [2.24, 2.45) is 0 Å². The van der Waals surface area contributed by atoms with Gasteiger partial charge in [0.1, 0.15) is 17.6 Å². The van der Waals surface area contributed by atoms with Crippen molar-refractivity contribution in [3.63, 3.8) is 0 Å². The van der Waals surface area contributed by atoms with E-state index in [0.717, 1.165) is 5.56 Å². The molecule has 29 heavy (non-hydrogen) atoms. The lowest BCUT2D eigenvalue weighted by Crippen LogP contribution is -2.40. The van der Waals surface area contributed by atoms with Crippen LogP contribution >= 0.6 is 22.7 Å². The van der Waals surface area contributed by atoms with Gasteiger partial charge in [0.05, 0.1) is 4.90 Å². The topological polar surface area (TPSA) is 92.4 Å². The highest BCUT2D eigenvalue weighted by molar-refractivity contribution is 7.89. The molecule has 4 aromatic rings. The summed E-state index contributed by atoms with van der Waals surface area (Å²) in [5, 5.41) is 16.8. The van der Waals surface area contributed by atoms with E-state index in [1.807, 2.05) is 22.2 Å². The Bertz CT molecular complexity index is 1140. The molecular formula is C20H18N2O4S3. The zero-order chi connectivity index (χ0) is 20.5. The fourth-order valence-corrected chi connectivity index (χ4v) is 5.56. The molecule has 3 aromatic heterocycles. The molecule has 2 N–H and O–H groups in total. The predicted octanol–water partition coefficient (Wildman–Crippen LogP) is 3.99. The molecule has 0 aliphatic heterocycles. The molecule has 0 fully saturated rings. The molecule has 6 nitrogen and oxygen atoms in total. The predicted molar refractivity (Wildman–Crippen MR) is 114 cm³/mol. The first-order valence-electron chi connectivity index (χ1n) is 8.70. The quantitative estimate of drug-likeness (QED) is 0.448. The van der Waals surface area contributed by atoms with E-state index in [0.29, 0.717) is 22.0 Å². The second kappa shape index (κ2) is 7.85. The number of rotatable bonds is 7. The van der Waals surface area contributed by atoms with E-state index < -0.39 is 15.6 Å². The van der Waals surface area contributed by atoms with Gasteiger partial charge in [-0.25, -0.2) is 18.1 Å². The highest BCUT2D eigenvalue weighted by Crippen LogP contribution is 2.34. The van der Waals surface area contributed by atoms with Crippen LogP contribution in [0.5, 0.6) is 0 Å². The van der Waals surface area contributed by atoms with Gasteiger partial charge in [-0.05, 0) is 40.4 Å². The summed E-state index contributed by atoms with van der Waals surface area (Å²) in [6.07, 6.45) is 1.53. The van der Waals surface area contributed by atoms with Crippen LogP contribution in [0.15, 0.2) is 74.2 Å². The maximum atomic E-state index is 12.8. The summed E-state index contributed by atoms with van der Waals surface area (Å²) in [6, 6.07) is 11.8. The van der Waals surface area contributed by atoms with E-state index in [-0.39, 0.29) is 11.4 Å². The summed E-state index contributed by atoms with van der Waals surface area (Å²) < 4.78 is 33.4. The van der Waals surface area contributed by atoms with Gasteiger partial charge in [0.25, 0.3) is 0 Å². The van der Waals surface area contributed by atoms with Crippen molar-refractivity contribution in [3.05, 3.63) is 81.2 Å². The number of oxazole rings is 1. The van der Waals surface area contributed by atoms with E-state index in [2.05, 4.69) is 9.71 Å². The van der Waals surface area contributed by atoms with Crippen LogP contribution in [0.3, 0.4) is 0 Å². The number of hydrogen-bond acceptors (Lipinski definition) is 7. The van der Waals surface area contributed by atoms with Crippen molar-refractivity contribution in [1.82, 2.24) is 9.71 Å². The highest BCUT2D eigenvalue weighted by Gasteiger charge is 2.34. The van der Waals surface area contributed by atoms with Gasteiger partial charge in [0.15, 0.2) is 5.89 Å². The molecule has 0 saturated heterocycles. The summed E-state index contributed by atoms with van der Waals surface area (Å²) in [6.45, 7) is 1.57. The lowest BCUT2D eigenvalue weighted by molar-refractivity contribution is 0.0903. The molecule has 0 unspecified atom stereocenters. The van der Waals surface area contributed by atoms with Gasteiger partial charge in [-0.3, -0.25) is 0 Å². The first kappa shape index (κ1) is 20.0. The van der Waals surface area contributed by atoms with Gasteiger partial charge in [-0.2, -0.15) is 11.3 Å². The van der Waals surface area contributed by atoms with E-state index in [9.17, 15) is 13.5 Å². The third-order valence-corrected chi connectivity index (χ3v) is 7.65. The Morgan fingerprint density at radius 2 is 1.97 bits per heavy atom. The molecular weight excluding hydrogens is 428 g/mol. The molecule has 1 aromatic carbocycles. The number of hydrogen-bond donors (Lipinski definition) is 2. The molecule has 4 rings (SSSR count). The Hall–Kier alpha value is -2.30. The molecule has 0 spiro atoms. The Kier molecular flexibility index (Phi) is 5.41. The number of sulfonamides is 1. The van der Waals surface area contributed by atoms with E-state index >= 15 is 0 Å². The summed E-state index contributed by atoms with van der Waals surface area (Å²) in [4.78, 5) is 5.02. The van der Waals surface area contributed by atoms with E-state index in [1.54, 1.807) is 31.2 Å². The van der Waals surface area contributed by atoms with Gasteiger partial charge in [0.2, 0.25) is 10.0 Å². The van der Waals surface area contributed by atoms with Crippen LogP contribution in [0.1, 0.15) is 16.3 Å². The maximum absolute atomic E-state index is 12.8. The van der Waals surface area contributed by atoms with Gasteiger partial charge in [-0.1, -0.05) is 18.2 Å². The number of benzene rings is 1. The molecule has 1 atom stereocenters. The number of nitrogens with zero attached hydrogens (tertiary/aromatic N) is 1. The van der Waals surface area contributed by atoms with Crippen molar-refractivity contribution < 1.29 is 17.9 Å². The minimum absolute atomic E-state index is 0.111. The summed E-state index contributed by atoms with van der Waals surface area (Å²) in [5.41, 5.74) is 0.627. The molecule has 0 radical (unpaired) electrons. The number of aliphatic hydroxyl groups is 1. The molecule has 0 bridgehead atoms. The zero-order valence-corrected chi connectivity index (χ0v) is 17.9. The highest BCUT2D eigenvalue weighted by atomic mass is 32.2. The van der Waals surface area contributed by atoms with Crippen LogP contribution in [0, 0.1) is 6.92 Å². The fraction of sp³-hybridized carbons (Fsp3) is 0.150. The van der Waals surface area contributed by atoms with Gasteiger partial charge in [0, 0.05) is 29.5 Å². The molecule has 3 heterocycles. The smallest absolute Gasteiger partial charge is 0.240 e. The fourth-order valence-electron chi connectivity index (χ4n) is 2.93. The number of nitrogens with one attached hydrogen (secondary N) is 1. The molecule has 150 valence electrons. The standard InChI is InChI=1S/C20H18N2O4S3/c1-14-22-18(11-26-14)15-4-6-17(7-5-15)29(24,25)21-13-20(23,16-8-10-27-12-16)19-3-2-9-28-19/h2-12,21,23H,13H2,1H3/t20-/m0/s1. The summed E-state index contributed by atoms with van der Waals surface area (Å²) >= 11 is 2.83. The summed E-state index contributed by atoms with van der Waals surface area (Å²) in [7, 11) is -3.82. The molecule has 9 heteroatoms. The monoisotopic (exact) mass is 446 g/mol. The van der Waals surface area contributed by atoms with Crippen molar-refractivity contribution in [3.8, 4) is 11.3 Å². The van der Waals surface area contributed by atoms with Crippen molar-refractivity contribution >= 4 is 32.7 Å². The van der Waals surface area contributed by atoms with Crippen LogP contribution in [0.2, 0.25) is 0 Å². The van der Waals surface area contributed by atoms with Crippen LogP contribution in [0.25, 0.3) is 11.3 Å². The van der Waals surface area contributed by atoms with Crippen molar-refractivity contribution in [2.75, 3.05) is 6.54 Å². The lowest BCUT2D eigenvalue weighted by Gasteiger charge is -2.27. The van der Waals surface area contributed by atoms with Crippen LogP contribution in [0.4, 0.5) is 0 Å². The second-order valence-corrected chi connectivity index (χ2v) is 9.94. The molecule has 0 amide bonds. The van der Waals surface area contributed by atoms with E-state index in [4.69, 9.17) is 4.42 Å². The van der Waals surface area contributed by atoms with Crippen LogP contribution in [-0.4, -0.2) is 25.1 Å². The number of aromatic nitrogens is 1. The molecule has 0 aliphatic carbocycles. The second-order valence-electron chi connectivity index (χ2n) is 6.45. The average Bonchev–Trinajstić information content (AvgIpc) is 3.49. The summed E-state index contributed by atoms with van der Waals surface area (Å²) in [5.74, 6) is 0.541. The lowest BCUT2D eigenvalue weighted by atomic mass is 9.95. The minimum Gasteiger partial charge on any atom is -0.449 e. The van der Waals surface area contributed by atoms with Crippen LogP contribution in [-0.2, 0) is 15.6 Å². The Morgan fingerprint density at radius 1 is 1.17 bits per heavy atom. The SMILES string of the molecule is Cc1nc(-c2ccc(S(=O)(=O)NC[C@](O)(c3ccsc3)c3cccs3)cc2)co1. The Morgan fingerprint density at radius 3 is 2.55 bits per heavy atom. The first-order valence-corrected chi connectivity index (χ1v) is 12.0.